The van der Waals surface area contributed by atoms with E-state index in [0.717, 1.165) is 11.1 Å². The van der Waals surface area contributed by atoms with E-state index in [2.05, 4.69) is 10.3 Å². The van der Waals surface area contributed by atoms with E-state index in [1.54, 1.807) is 17.3 Å². The maximum atomic E-state index is 12.8. The number of carbonyl (C=O) groups is 1. The second-order valence-electron chi connectivity index (χ2n) is 6.74. The number of halogens is 1. The van der Waals surface area contributed by atoms with Crippen LogP contribution in [0.1, 0.15) is 31.0 Å². The van der Waals surface area contributed by atoms with E-state index in [-0.39, 0.29) is 17.7 Å². The summed E-state index contributed by atoms with van der Waals surface area (Å²) in [5.74, 6) is 0. The van der Waals surface area contributed by atoms with Crippen molar-refractivity contribution in [1.29, 1.82) is 0 Å². The Bertz CT molecular complexity index is 719. The predicted molar refractivity (Wildman–Crippen MR) is 97.7 cm³/mol. The number of pyridine rings is 1. The molecule has 0 spiro atoms. The van der Waals surface area contributed by atoms with E-state index in [4.69, 9.17) is 16.3 Å². The average Bonchev–Trinajstić information content (AvgIpc) is 2.60. The molecule has 1 aromatic heterocycles. The van der Waals surface area contributed by atoms with Gasteiger partial charge in [-0.05, 0) is 49.2 Å². The lowest BCUT2D eigenvalue weighted by Gasteiger charge is -2.38. The Kier molecular flexibility index (Phi) is 5.25. The van der Waals surface area contributed by atoms with Gasteiger partial charge in [0.05, 0.1) is 24.8 Å². The molecule has 0 saturated carbocycles. The summed E-state index contributed by atoms with van der Waals surface area (Å²) in [5, 5.41) is 3.80. The van der Waals surface area contributed by atoms with Gasteiger partial charge < -0.3 is 15.0 Å². The zero-order chi connectivity index (χ0) is 17.9. The molecule has 132 valence electrons. The lowest BCUT2D eigenvalue weighted by molar-refractivity contribution is -0.0734. The topological polar surface area (TPSA) is 54.5 Å². The standard InChI is InChI=1S/C19H22ClN3O2/c1-19(2)13-23(11-12-25-19)18(24)22-17(15-7-9-21-10-8-15)14-3-5-16(20)6-4-14/h3-10,17H,11-13H2,1-2H3,(H,22,24). The number of ether oxygens (including phenoxy) is 1. The number of hydrogen-bond donors (Lipinski definition) is 1. The maximum absolute atomic E-state index is 12.8. The van der Waals surface area contributed by atoms with Crippen LogP contribution < -0.4 is 5.32 Å². The SMILES string of the molecule is CC1(C)CN(C(=O)NC(c2ccncc2)c2ccc(Cl)cc2)CCO1. The highest BCUT2D eigenvalue weighted by atomic mass is 35.5. The van der Waals surface area contributed by atoms with Crippen molar-refractivity contribution in [2.24, 2.45) is 0 Å². The van der Waals surface area contributed by atoms with Crippen LogP contribution in [0.25, 0.3) is 0 Å². The van der Waals surface area contributed by atoms with Crippen molar-refractivity contribution in [3.8, 4) is 0 Å². The number of rotatable bonds is 3. The fourth-order valence-corrected chi connectivity index (χ4v) is 3.10. The normalized spacial score (nSPS) is 17.8. The number of benzene rings is 1. The Balaban J connectivity index is 1.82. The summed E-state index contributed by atoms with van der Waals surface area (Å²) in [5.41, 5.74) is 1.61. The van der Waals surface area contributed by atoms with Crippen LogP contribution in [0, 0.1) is 0 Å². The predicted octanol–water partition coefficient (Wildman–Crippen LogP) is 3.64. The van der Waals surface area contributed by atoms with Gasteiger partial charge in [0, 0.05) is 24.0 Å². The number of hydrogen-bond acceptors (Lipinski definition) is 3. The number of aromatic nitrogens is 1. The van der Waals surface area contributed by atoms with Gasteiger partial charge in [-0.2, -0.15) is 0 Å². The van der Waals surface area contributed by atoms with E-state index < -0.39 is 0 Å². The van der Waals surface area contributed by atoms with Crippen molar-refractivity contribution in [2.75, 3.05) is 19.7 Å². The molecule has 0 bridgehead atoms. The number of morpholine rings is 1. The zero-order valence-corrected chi connectivity index (χ0v) is 15.2. The monoisotopic (exact) mass is 359 g/mol. The molecule has 1 saturated heterocycles. The van der Waals surface area contributed by atoms with E-state index in [1.807, 2.05) is 50.2 Å². The molecule has 2 aromatic rings. The number of nitrogens with one attached hydrogen (secondary N) is 1. The molecule has 2 amide bonds. The van der Waals surface area contributed by atoms with Gasteiger partial charge in [-0.3, -0.25) is 4.98 Å². The molecule has 5 nitrogen and oxygen atoms in total. The summed E-state index contributed by atoms with van der Waals surface area (Å²) in [7, 11) is 0. The summed E-state index contributed by atoms with van der Waals surface area (Å²) in [6.45, 7) is 5.67. The van der Waals surface area contributed by atoms with Gasteiger partial charge in [0.25, 0.3) is 0 Å². The molecule has 25 heavy (non-hydrogen) atoms. The smallest absolute Gasteiger partial charge is 0.318 e. The van der Waals surface area contributed by atoms with Crippen LogP contribution in [0.4, 0.5) is 4.79 Å². The third kappa shape index (κ3) is 4.50. The molecule has 0 aliphatic carbocycles. The molecule has 1 fully saturated rings. The van der Waals surface area contributed by atoms with Gasteiger partial charge in [0.15, 0.2) is 0 Å². The highest BCUT2D eigenvalue weighted by molar-refractivity contribution is 6.30. The van der Waals surface area contributed by atoms with Crippen LogP contribution in [0.15, 0.2) is 48.8 Å². The van der Waals surface area contributed by atoms with Gasteiger partial charge in [-0.25, -0.2) is 4.79 Å². The third-order valence-corrected chi connectivity index (χ3v) is 4.48. The van der Waals surface area contributed by atoms with Crippen LogP contribution in [-0.2, 0) is 4.74 Å². The van der Waals surface area contributed by atoms with Crippen molar-refractivity contribution < 1.29 is 9.53 Å². The summed E-state index contributed by atoms with van der Waals surface area (Å²) in [6.07, 6.45) is 3.45. The Morgan fingerprint density at radius 2 is 1.84 bits per heavy atom. The Labute approximate surface area is 153 Å². The highest BCUT2D eigenvalue weighted by Crippen LogP contribution is 2.24. The average molecular weight is 360 g/mol. The quantitative estimate of drug-likeness (QED) is 0.910. The molecule has 1 atom stereocenters. The number of urea groups is 1. The fourth-order valence-electron chi connectivity index (χ4n) is 2.97. The van der Waals surface area contributed by atoms with Crippen LogP contribution in [0.3, 0.4) is 0 Å². The van der Waals surface area contributed by atoms with E-state index in [0.29, 0.717) is 24.7 Å². The first-order valence-corrected chi connectivity index (χ1v) is 8.67. The maximum Gasteiger partial charge on any atom is 0.318 e. The van der Waals surface area contributed by atoms with Crippen molar-refractivity contribution in [1.82, 2.24) is 15.2 Å². The minimum atomic E-state index is -0.331. The molecule has 1 aliphatic heterocycles. The second kappa shape index (κ2) is 7.42. The van der Waals surface area contributed by atoms with Crippen molar-refractivity contribution in [3.05, 3.63) is 64.9 Å². The van der Waals surface area contributed by atoms with Gasteiger partial charge in [-0.1, -0.05) is 23.7 Å². The molecule has 1 unspecified atom stereocenters. The molecular formula is C19H22ClN3O2. The van der Waals surface area contributed by atoms with Gasteiger partial charge in [0.2, 0.25) is 0 Å². The largest absolute Gasteiger partial charge is 0.372 e. The summed E-state index contributed by atoms with van der Waals surface area (Å²) in [6, 6.07) is 11.0. The second-order valence-corrected chi connectivity index (χ2v) is 7.18. The van der Waals surface area contributed by atoms with Crippen LogP contribution in [-0.4, -0.2) is 41.2 Å². The van der Waals surface area contributed by atoms with E-state index in [1.165, 1.54) is 0 Å². The minimum Gasteiger partial charge on any atom is -0.372 e. The molecule has 1 N–H and O–H groups in total. The summed E-state index contributed by atoms with van der Waals surface area (Å²) >= 11 is 6.00. The lowest BCUT2D eigenvalue weighted by Crippen LogP contribution is -2.54. The number of carbonyl (C=O) groups excluding carboxylic acids is 1. The van der Waals surface area contributed by atoms with Crippen LogP contribution in [0.2, 0.25) is 5.02 Å². The molecule has 3 rings (SSSR count). The Morgan fingerprint density at radius 1 is 1.20 bits per heavy atom. The molecule has 1 aliphatic rings. The minimum absolute atomic E-state index is 0.104. The number of amides is 2. The van der Waals surface area contributed by atoms with Gasteiger partial charge in [0.1, 0.15) is 0 Å². The summed E-state index contributed by atoms with van der Waals surface area (Å²) < 4.78 is 5.69. The Morgan fingerprint density at radius 3 is 2.48 bits per heavy atom. The molecule has 0 radical (unpaired) electrons. The van der Waals surface area contributed by atoms with Gasteiger partial charge >= 0.3 is 6.03 Å². The Hall–Kier alpha value is -2.11. The molecular weight excluding hydrogens is 338 g/mol. The fraction of sp³-hybridized carbons (Fsp3) is 0.368. The summed E-state index contributed by atoms with van der Waals surface area (Å²) in [4.78, 5) is 18.7. The molecule has 1 aromatic carbocycles. The zero-order valence-electron chi connectivity index (χ0n) is 14.4. The lowest BCUT2D eigenvalue weighted by atomic mass is 10.00. The number of nitrogens with zero attached hydrogens (tertiary/aromatic N) is 2. The van der Waals surface area contributed by atoms with Crippen LogP contribution >= 0.6 is 11.6 Å². The van der Waals surface area contributed by atoms with Crippen molar-refractivity contribution in [3.63, 3.8) is 0 Å². The first-order chi connectivity index (χ1) is 11.9. The van der Waals surface area contributed by atoms with E-state index in [9.17, 15) is 4.79 Å². The van der Waals surface area contributed by atoms with Gasteiger partial charge in [-0.15, -0.1) is 0 Å². The first kappa shape index (κ1) is 17.7. The van der Waals surface area contributed by atoms with E-state index >= 15 is 0 Å². The van der Waals surface area contributed by atoms with Crippen molar-refractivity contribution in [2.45, 2.75) is 25.5 Å². The third-order valence-electron chi connectivity index (χ3n) is 4.22. The molecule has 2 heterocycles. The molecule has 6 heteroatoms. The first-order valence-electron chi connectivity index (χ1n) is 8.29. The highest BCUT2D eigenvalue weighted by Gasteiger charge is 2.31. The van der Waals surface area contributed by atoms with Crippen molar-refractivity contribution >= 4 is 17.6 Å². The van der Waals surface area contributed by atoms with Crippen LogP contribution in [0.5, 0.6) is 0 Å².